The average molecular weight is 300 g/mol. The van der Waals surface area contributed by atoms with Crippen LogP contribution < -0.4 is 5.73 Å². The maximum absolute atomic E-state index is 12.5. The fourth-order valence-electron chi connectivity index (χ4n) is 1.70. The van der Waals surface area contributed by atoms with Crippen LogP contribution in [0, 0.1) is 13.8 Å². The first-order valence-corrected chi connectivity index (χ1v) is 7.84. The second kappa shape index (κ2) is 5.98. The lowest BCUT2D eigenvalue weighted by Gasteiger charge is -2.24. The van der Waals surface area contributed by atoms with Gasteiger partial charge in [-0.3, -0.25) is 0 Å². The summed E-state index contributed by atoms with van der Waals surface area (Å²) in [5, 5.41) is 0. The molecule has 0 saturated carbocycles. The molecule has 0 amide bonds. The fraction of sp³-hybridized carbons (Fsp3) is 0.462. The Morgan fingerprint density at radius 3 is 2.42 bits per heavy atom. The largest absolute Gasteiger partial charge is 0.393 e. The number of nitrogens with zero attached hydrogens (tertiary/aromatic N) is 1. The molecule has 19 heavy (non-hydrogen) atoms. The van der Waals surface area contributed by atoms with Crippen molar-refractivity contribution >= 4 is 27.2 Å². The lowest BCUT2D eigenvalue weighted by Crippen LogP contribution is -2.37. The third kappa shape index (κ3) is 3.75. The molecule has 1 atom stereocenters. The van der Waals surface area contributed by atoms with E-state index in [9.17, 15) is 8.42 Å². The van der Waals surface area contributed by atoms with Crippen LogP contribution in [0.1, 0.15) is 24.5 Å². The molecule has 0 saturated heterocycles. The highest BCUT2D eigenvalue weighted by Gasteiger charge is 2.25. The van der Waals surface area contributed by atoms with Gasteiger partial charge in [0, 0.05) is 19.5 Å². The Bertz CT molecular complexity index is 582. The van der Waals surface area contributed by atoms with Crippen LogP contribution >= 0.6 is 12.2 Å². The molecule has 0 aliphatic heterocycles. The lowest BCUT2D eigenvalue weighted by molar-refractivity contribution is 0.397. The van der Waals surface area contributed by atoms with Crippen LogP contribution in [-0.4, -0.2) is 30.8 Å². The fourth-order valence-corrected chi connectivity index (χ4v) is 3.39. The summed E-state index contributed by atoms with van der Waals surface area (Å²) in [6.45, 7) is 5.63. The van der Waals surface area contributed by atoms with Crippen molar-refractivity contribution in [3.05, 3.63) is 29.3 Å². The summed E-state index contributed by atoms with van der Waals surface area (Å²) in [4.78, 5) is 0.613. The van der Waals surface area contributed by atoms with Gasteiger partial charge in [0.05, 0.1) is 9.88 Å². The monoisotopic (exact) mass is 300 g/mol. The summed E-state index contributed by atoms with van der Waals surface area (Å²) >= 11 is 4.82. The zero-order chi connectivity index (χ0) is 14.8. The Hall–Kier alpha value is -0.980. The van der Waals surface area contributed by atoms with E-state index < -0.39 is 10.0 Å². The van der Waals surface area contributed by atoms with Gasteiger partial charge in [0.15, 0.2) is 0 Å². The van der Waals surface area contributed by atoms with Gasteiger partial charge in [0.2, 0.25) is 10.0 Å². The van der Waals surface area contributed by atoms with Crippen molar-refractivity contribution in [2.45, 2.75) is 38.1 Å². The van der Waals surface area contributed by atoms with E-state index >= 15 is 0 Å². The first-order valence-electron chi connectivity index (χ1n) is 6.00. The van der Waals surface area contributed by atoms with Crippen LogP contribution in [0.2, 0.25) is 0 Å². The van der Waals surface area contributed by atoms with Crippen LogP contribution in [0.5, 0.6) is 0 Å². The topological polar surface area (TPSA) is 63.4 Å². The molecule has 2 N–H and O–H groups in total. The van der Waals surface area contributed by atoms with Crippen molar-refractivity contribution in [3.63, 3.8) is 0 Å². The minimum absolute atomic E-state index is 0.260. The van der Waals surface area contributed by atoms with E-state index in [4.69, 9.17) is 18.0 Å². The molecule has 0 radical (unpaired) electrons. The summed E-state index contributed by atoms with van der Waals surface area (Å²) in [5.41, 5.74) is 7.49. The second-order valence-corrected chi connectivity index (χ2v) is 7.31. The van der Waals surface area contributed by atoms with Gasteiger partial charge in [-0.15, -0.1) is 0 Å². The highest BCUT2D eigenvalue weighted by molar-refractivity contribution is 7.89. The van der Waals surface area contributed by atoms with Gasteiger partial charge in [-0.05, 0) is 44.0 Å². The Balaban J connectivity index is 3.09. The molecule has 1 aromatic carbocycles. The van der Waals surface area contributed by atoms with E-state index in [1.165, 1.54) is 4.31 Å². The molecule has 0 bridgehead atoms. The van der Waals surface area contributed by atoms with Crippen molar-refractivity contribution in [1.82, 2.24) is 4.31 Å². The van der Waals surface area contributed by atoms with Crippen LogP contribution in [0.4, 0.5) is 0 Å². The first kappa shape index (κ1) is 16.1. The Morgan fingerprint density at radius 1 is 1.37 bits per heavy atom. The molecule has 0 aliphatic rings. The van der Waals surface area contributed by atoms with Gasteiger partial charge in [-0.2, -0.15) is 4.31 Å². The minimum Gasteiger partial charge on any atom is -0.393 e. The van der Waals surface area contributed by atoms with Crippen LogP contribution in [-0.2, 0) is 10.0 Å². The number of rotatable bonds is 5. The number of sulfonamides is 1. The van der Waals surface area contributed by atoms with Crippen molar-refractivity contribution in [2.75, 3.05) is 7.05 Å². The van der Waals surface area contributed by atoms with Gasteiger partial charge in [0.1, 0.15) is 0 Å². The quantitative estimate of drug-likeness (QED) is 0.845. The maximum atomic E-state index is 12.5. The van der Waals surface area contributed by atoms with Gasteiger partial charge < -0.3 is 5.73 Å². The van der Waals surface area contributed by atoms with Crippen LogP contribution in [0.3, 0.4) is 0 Å². The standard InChI is InChI=1S/C13H20N2O2S2/c1-9-5-6-12(7-10(9)2)19(16,17)15(4)11(3)8-13(14)18/h5-7,11H,8H2,1-4H3,(H2,14,18). The Kier molecular flexibility index (Phi) is 5.06. The highest BCUT2D eigenvalue weighted by Crippen LogP contribution is 2.20. The summed E-state index contributed by atoms with van der Waals surface area (Å²) < 4.78 is 26.2. The predicted octanol–water partition coefficient (Wildman–Crippen LogP) is 1.99. The molecule has 1 aromatic rings. The zero-order valence-electron chi connectivity index (χ0n) is 11.7. The first-order chi connectivity index (χ1) is 8.66. The summed E-state index contributed by atoms with van der Waals surface area (Å²) in [6, 6.07) is 4.87. The highest BCUT2D eigenvalue weighted by atomic mass is 32.2. The van der Waals surface area contributed by atoms with E-state index in [1.807, 2.05) is 19.9 Å². The molecule has 1 unspecified atom stereocenters. The Morgan fingerprint density at radius 2 is 1.95 bits per heavy atom. The summed E-state index contributed by atoms with van der Waals surface area (Å²) in [6.07, 6.45) is 0.371. The molecule has 6 heteroatoms. The normalized spacial score (nSPS) is 13.5. The average Bonchev–Trinajstić information content (AvgIpc) is 2.30. The van der Waals surface area contributed by atoms with E-state index in [0.29, 0.717) is 16.3 Å². The maximum Gasteiger partial charge on any atom is 0.243 e. The SMILES string of the molecule is Cc1ccc(S(=O)(=O)N(C)C(C)CC(N)=S)cc1C. The molecule has 0 heterocycles. The van der Waals surface area contributed by atoms with E-state index in [-0.39, 0.29) is 6.04 Å². The number of hydrogen-bond acceptors (Lipinski definition) is 3. The molecule has 0 fully saturated rings. The van der Waals surface area contributed by atoms with Gasteiger partial charge in [-0.25, -0.2) is 8.42 Å². The predicted molar refractivity (Wildman–Crippen MR) is 81.7 cm³/mol. The Labute approximate surface area is 120 Å². The molecular weight excluding hydrogens is 280 g/mol. The van der Waals surface area contributed by atoms with Gasteiger partial charge in [0.25, 0.3) is 0 Å². The van der Waals surface area contributed by atoms with E-state index in [1.54, 1.807) is 26.1 Å². The van der Waals surface area contributed by atoms with Crippen LogP contribution in [0.25, 0.3) is 0 Å². The van der Waals surface area contributed by atoms with Gasteiger partial charge in [-0.1, -0.05) is 18.3 Å². The van der Waals surface area contributed by atoms with Crippen molar-refractivity contribution in [1.29, 1.82) is 0 Å². The molecule has 0 aromatic heterocycles. The number of benzene rings is 1. The van der Waals surface area contributed by atoms with Crippen molar-refractivity contribution < 1.29 is 8.42 Å². The van der Waals surface area contributed by atoms with Crippen molar-refractivity contribution in [2.24, 2.45) is 5.73 Å². The van der Waals surface area contributed by atoms with E-state index in [0.717, 1.165) is 11.1 Å². The molecular formula is C13H20N2O2S2. The molecule has 0 aliphatic carbocycles. The summed E-state index contributed by atoms with van der Waals surface area (Å²) in [5.74, 6) is 0. The number of hydrogen-bond donors (Lipinski definition) is 1. The van der Waals surface area contributed by atoms with E-state index in [2.05, 4.69) is 0 Å². The summed E-state index contributed by atoms with van der Waals surface area (Å²) in [7, 11) is -1.96. The minimum atomic E-state index is -3.50. The molecule has 4 nitrogen and oxygen atoms in total. The molecule has 0 spiro atoms. The third-order valence-electron chi connectivity index (χ3n) is 3.27. The lowest BCUT2D eigenvalue weighted by atomic mass is 10.1. The zero-order valence-corrected chi connectivity index (χ0v) is 13.3. The number of nitrogens with two attached hydrogens (primary N) is 1. The van der Waals surface area contributed by atoms with Crippen LogP contribution in [0.15, 0.2) is 23.1 Å². The molecule has 1 rings (SSSR count). The smallest absolute Gasteiger partial charge is 0.243 e. The second-order valence-electron chi connectivity index (χ2n) is 4.79. The molecule has 106 valence electrons. The van der Waals surface area contributed by atoms with Gasteiger partial charge >= 0.3 is 0 Å². The number of thiocarbonyl (C=S) groups is 1. The number of aryl methyl sites for hydroxylation is 2. The van der Waals surface area contributed by atoms with Crippen molar-refractivity contribution in [3.8, 4) is 0 Å². The third-order valence-corrected chi connectivity index (χ3v) is 5.41.